The van der Waals surface area contributed by atoms with Crippen molar-refractivity contribution >= 4 is 35.3 Å². The number of nitrogen functional groups attached to an aromatic ring is 1. The zero-order chi connectivity index (χ0) is 27.1. The Kier molecular flexibility index (Phi) is 6.09. The number of aryl methyl sites for hydroxylation is 1. The molecule has 3 aromatic heterocycles. The molecule has 2 aliphatic rings. The molecular weight excluding hydrogens is 494 g/mol. The summed E-state index contributed by atoms with van der Waals surface area (Å²) in [5.41, 5.74) is 9.14. The van der Waals surface area contributed by atoms with E-state index >= 15 is 0 Å². The third-order valence-corrected chi connectivity index (χ3v) is 7.70. The number of nitrogens with zero attached hydrogens (tertiary/aromatic N) is 5. The van der Waals surface area contributed by atoms with E-state index in [1.807, 2.05) is 46.7 Å². The maximum absolute atomic E-state index is 13.1. The number of fused-ring (bicyclic) bond motifs is 1. The third-order valence-electron chi connectivity index (χ3n) is 7.70. The molecule has 198 valence electrons. The Balaban J connectivity index is 1.29. The molecule has 2 fully saturated rings. The molecule has 0 radical (unpaired) electrons. The zero-order valence-corrected chi connectivity index (χ0v) is 21.6. The standard InChI is InChI=1S/C29H29N7O3/c1-18-8-11-31-22(15-18)33-27(38)20-6-4-19(5-7-20)23-24-25(30)32-12-14-36(24)26(34-23)21-3-2-13-35(16-21)28(39)29(17-37)9-10-29/h4-8,11-12,14-15,17,21H,2-3,9-10,13,16H2,1H3,(H2,30,32)(H,31,33,38)/t21-/m1/s1. The van der Waals surface area contributed by atoms with E-state index in [1.54, 1.807) is 24.5 Å². The quantitative estimate of drug-likeness (QED) is 0.291. The van der Waals surface area contributed by atoms with E-state index < -0.39 is 5.41 Å². The van der Waals surface area contributed by atoms with E-state index in [1.165, 1.54) is 0 Å². The van der Waals surface area contributed by atoms with Crippen molar-refractivity contribution in [3.05, 3.63) is 71.9 Å². The lowest BCUT2D eigenvalue weighted by atomic mass is 9.95. The predicted molar refractivity (Wildman–Crippen MR) is 146 cm³/mol. The smallest absolute Gasteiger partial charge is 0.256 e. The first-order chi connectivity index (χ1) is 18.9. The van der Waals surface area contributed by atoms with Crippen LogP contribution in [0.4, 0.5) is 11.6 Å². The van der Waals surface area contributed by atoms with Crippen molar-refractivity contribution in [2.24, 2.45) is 5.41 Å². The van der Waals surface area contributed by atoms with E-state index in [0.717, 1.165) is 36.1 Å². The normalized spacial score (nSPS) is 18.1. The summed E-state index contributed by atoms with van der Waals surface area (Å²) in [4.78, 5) is 52.7. The van der Waals surface area contributed by atoms with Crippen LogP contribution in [0.2, 0.25) is 0 Å². The number of amides is 2. The number of imidazole rings is 1. The van der Waals surface area contributed by atoms with Gasteiger partial charge in [0, 0.05) is 48.7 Å². The number of likely N-dealkylation sites (tertiary alicyclic amines) is 1. The lowest BCUT2D eigenvalue weighted by Crippen LogP contribution is -2.44. The van der Waals surface area contributed by atoms with Crippen LogP contribution in [0.1, 0.15) is 53.3 Å². The van der Waals surface area contributed by atoms with Gasteiger partial charge in [0.25, 0.3) is 5.91 Å². The number of benzene rings is 1. The predicted octanol–water partition coefficient (Wildman–Crippen LogP) is 3.62. The third kappa shape index (κ3) is 4.52. The van der Waals surface area contributed by atoms with Crippen molar-refractivity contribution in [3.8, 4) is 11.3 Å². The van der Waals surface area contributed by atoms with Gasteiger partial charge in [0.15, 0.2) is 0 Å². The molecule has 1 atom stereocenters. The number of hydrogen-bond donors (Lipinski definition) is 2. The summed E-state index contributed by atoms with van der Waals surface area (Å²) < 4.78 is 1.95. The molecule has 1 aromatic carbocycles. The monoisotopic (exact) mass is 523 g/mol. The summed E-state index contributed by atoms with van der Waals surface area (Å²) in [6.45, 7) is 3.08. The Bertz CT molecular complexity index is 1590. The first-order valence-electron chi connectivity index (χ1n) is 13.1. The molecule has 1 aliphatic carbocycles. The number of carbonyl (C=O) groups is 3. The van der Waals surface area contributed by atoms with E-state index in [9.17, 15) is 14.4 Å². The fourth-order valence-electron chi connectivity index (χ4n) is 5.35. The summed E-state index contributed by atoms with van der Waals surface area (Å²) in [5, 5.41) is 2.82. The van der Waals surface area contributed by atoms with Gasteiger partial charge < -0.3 is 20.7 Å². The van der Waals surface area contributed by atoms with Gasteiger partial charge in [-0.3, -0.25) is 14.0 Å². The van der Waals surface area contributed by atoms with Gasteiger partial charge in [0.1, 0.15) is 40.4 Å². The largest absolute Gasteiger partial charge is 0.382 e. The molecule has 10 nitrogen and oxygen atoms in total. The second kappa shape index (κ2) is 9.61. The van der Waals surface area contributed by atoms with Crippen LogP contribution in [0, 0.1) is 12.3 Å². The first-order valence-corrected chi connectivity index (χ1v) is 13.1. The minimum absolute atomic E-state index is 0.0138. The van der Waals surface area contributed by atoms with Gasteiger partial charge in [0.05, 0.1) is 0 Å². The molecule has 1 saturated carbocycles. The molecule has 0 spiro atoms. The number of pyridine rings is 1. The van der Waals surface area contributed by atoms with E-state index in [-0.39, 0.29) is 17.7 Å². The maximum atomic E-state index is 13.1. The summed E-state index contributed by atoms with van der Waals surface area (Å²) in [5.74, 6) is 1.30. The second-order valence-electron chi connectivity index (χ2n) is 10.5. The summed E-state index contributed by atoms with van der Waals surface area (Å²) in [7, 11) is 0. The SMILES string of the molecule is Cc1ccnc(NC(=O)c2ccc(-c3nc([C@@H]4CCCN(C(=O)C5(C=O)CC5)C4)n4ccnc(N)c34)cc2)c1. The second-order valence-corrected chi connectivity index (χ2v) is 10.5. The number of nitrogens with two attached hydrogens (primary N) is 1. The topological polar surface area (TPSA) is 136 Å². The van der Waals surface area contributed by atoms with E-state index in [2.05, 4.69) is 15.3 Å². The van der Waals surface area contributed by atoms with Crippen molar-refractivity contribution in [1.29, 1.82) is 0 Å². The van der Waals surface area contributed by atoms with Crippen LogP contribution in [0.25, 0.3) is 16.8 Å². The fraction of sp³-hybridized carbons (Fsp3) is 0.310. The highest BCUT2D eigenvalue weighted by Crippen LogP contribution is 2.46. The van der Waals surface area contributed by atoms with Crippen molar-refractivity contribution in [2.75, 3.05) is 24.1 Å². The molecule has 4 aromatic rings. The Hall–Kier alpha value is -4.60. The van der Waals surface area contributed by atoms with Crippen molar-refractivity contribution < 1.29 is 14.4 Å². The van der Waals surface area contributed by atoms with Crippen LogP contribution in [0.15, 0.2) is 55.0 Å². The molecule has 4 heterocycles. The Morgan fingerprint density at radius 3 is 2.64 bits per heavy atom. The molecule has 1 saturated heterocycles. The van der Waals surface area contributed by atoms with Gasteiger partial charge in [-0.1, -0.05) is 12.1 Å². The summed E-state index contributed by atoms with van der Waals surface area (Å²) in [6.07, 6.45) is 8.90. The number of rotatable bonds is 6. The summed E-state index contributed by atoms with van der Waals surface area (Å²) >= 11 is 0. The number of hydrogen-bond acceptors (Lipinski definition) is 7. The minimum atomic E-state index is -0.820. The number of aldehydes is 1. The van der Waals surface area contributed by atoms with E-state index in [4.69, 9.17) is 10.7 Å². The van der Waals surface area contributed by atoms with Gasteiger partial charge in [-0.25, -0.2) is 15.0 Å². The van der Waals surface area contributed by atoms with Crippen LogP contribution >= 0.6 is 0 Å². The zero-order valence-electron chi connectivity index (χ0n) is 21.6. The maximum Gasteiger partial charge on any atom is 0.256 e. The molecule has 0 bridgehead atoms. The molecule has 3 N–H and O–H groups in total. The van der Waals surface area contributed by atoms with Crippen molar-refractivity contribution in [3.63, 3.8) is 0 Å². The molecule has 1 aliphatic heterocycles. The number of piperidine rings is 1. The van der Waals surface area contributed by atoms with Crippen LogP contribution in [0.3, 0.4) is 0 Å². The average Bonchev–Trinajstić information content (AvgIpc) is 3.66. The van der Waals surface area contributed by atoms with Gasteiger partial charge in [-0.05, 0) is 62.4 Å². The minimum Gasteiger partial charge on any atom is -0.382 e. The first kappa shape index (κ1) is 24.7. The Morgan fingerprint density at radius 2 is 1.92 bits per heavy atom. The number of nitrogens with one attached hydrogen (secondary N) is 1. The Morgan fingerprint density at radius 1 is 1.13 bits per heavy atom. The van der Waals surface area contributed by atoms with Crippen molar-refractivity contribution in [2.45, 2.75) is 38.5 Å². The van der Waals surface area contributed by atoms with Crippen LogP contribution in [-0.4, -0.2) is 55.4 Å². The molecule has 39 heavy (non-hydrogen) atoms. The number of anilines is 2. The average molecular weight is 524 g/mol. The Labute approximate surface area is 225 Å². The van der Waals surface area contributed by atoms with Crippen molar-refractivity contribution in [1.82, 2.24) is 24.3 Å². The molecule has 2 amide bonds. The highest BCUT2D eigenvalue weighted by Gasteiger charge is 2.52. The van der Waals surface area contributed by atoms with Crippen LogP contribution in [0.5, 0.6) is 0 Å². The lowest BCUT2D eigenvalue weighted by Gasteiger charge is -2.33. The highest BCUT2D eigenvalue weighted by atomic mass is 16.2. The van der Waals surface area contributed by atoms with Crippen LogP contribution < -0.4 is 11.1 Å². The van der Waals surface area contributed by atoms with Gasteiger partial charge in [0.2, 0.25) is 5.91 Å². The highest BCUT2D eigenvalue weighted by molar-refractivity contribution is 6.04. The van der Waals surface area contributed by atoms with Gasteiger partial charge >= 0.3 is 0 Å². The number of carbonyl (C=O) groups excluding carboxylic acids is 3. The lowest BCUT2D eigenvalue weighted by molar-refractivity contribution is -0.140. The molecule has 0 unspecified atom stereocenters. The molecule has 10 heteroatoms. The summed E-state index contributed by atoms with van der Waals surface area (Å²) in [6, 6.07) is 10.8. The van der Waals surface area contributed by atoms with Gasteiger partial charge in [-0.2, -0.15) is 0 Å². The van der Waals surface area contributed by atoms with Gasteiger partial charge in [-0.15, -0.1) is 0 Å². The van der Waals surface area contributed by atoms with E-state index in [0.29, 0.717) is 54.3 Å². The fourth-order valence-corrected chi connectivity index (χ4v) is 5.35. The molecular formula is C29H29N7O3. The number of aromatic nitrogens is 4. The van der Waals surface area contributed by atoms with Crippen LogP contribution in [-0.2, 0) is 9.59 Å². The molecule has 6 rings (SSSR count).